The molecule has 1 aromatic carbocycles. The summed E-state index contributed by atoms with van der Waals surface area (Å²) in [6, 6.07) is 4.58. The summed E-state index contributed by atoms with van der Waals surface area (Å²) in [6.07, 6.45) is 7.42. The Bertz CT molecular complexity index is 776. The number of benzene rings is 1. The Morgan fingerprint density at radius 1 is 1.03 bits per heavy atom. The zero-order valence-corrected chi connectivity index (χ0v) is 18.1. The van der Waals surface area contributed by atoms with E-state index in [1.807, 2.05) is 0 Å². The second-order valence-electron chi connectivity index (χ2n) is 8.36. The van der Waals surface area contributed by atoms with Crippen molar-refractivity contribution in [2.75, 3.05) is 20.3 Å². The van der Waals surface area contributed by atoms with Crippen LogP contribution in [0.15, 0.2) is 24.3 Å². The Morgan fingerprint density at radius 2 is 1.61 bits per heavy atom. The van der Waals surface area contributed by atoms with Crippen molar-refractivity contribution in [3.8, 4) is 0 Å². The van der Waals surface area contributed by atoms with E-state index in [0.717, 1.165) is 56.3 Å². The maximum absolute atomic E-state index is 14.7. The number of rotatable bonds is 8. The third-order valence-electron chi connectivity index (χ3n) is 6.14. The fraction of sp³-hybridized carbons (Fsp3) is 0.609. The second-order valence-corrected chi connectivity index (χ2v) is 8.36. The van der Waals surface area contributed by atoms with E-state index in [4.69, 9.17) is 4.74 Å². The van der Waals surface area contributed by atoms with Crippen molar-refractivity contribution >= 4 is 17.7 Å². The Labute approximate surface area is 182 Å². The number of amides is 3. The van der Waals surface area contributed by atoms with E-state index in [0.29, 0.717) is 0 Å². The van der Waals surface area contributed by atoms with Crippen LogP contribution in [0.25, 0.3) is 0 Å². The van der Waals surface area contributed by atoms with Gasteiger partial charge in [0.25, 0.3) is 0 Å². The van der Waals surface area contributed by atoms with E-state index in [2.05, 4.69) is 10.6 Å². The van der Waals surface area contributed by atoms with Crippen LogP contribution in [0, 0.1) is 5.82 Å². The fourth-order valence-corrected chi connectivity index (χ4v) is 4.48. The highest BCUT2D eigenvalue weighted by Gasteiger charge is 2.37. The van der Waals surface area contributed by atoms with Crippen molar-refractivity contribution in [1.29, 1.82) is 0 Å². The van der Waals surface area contributed by atoms with Crippen molar-refractivity contribution < 1.29 is 23.5 Å². The molecular formula is C23H32FN3O4. The Morgan fingerprint density at radius 3 is 2.19 bits per heavy atom. The highest BCUT2D eigenvalue weighted by Crippen LogP contribution is 2.26. The standard InChI is InChI=1S/C23H32FN3O4/c1-31-15-14-27(23(30)22(29)26-17-10-4-5-11-17)20(18-12-6-7-13-19(18)24)21(28)25-16-8-2-3-9-16/h6-7,12-13,16-17,20H,2-5,8-11,14-15H2,1H3,(H,25,28)(H,26,29)/t20-/m1/s1. The molecule has 2 aliphatic carbocycles. The molecule has 0 spiro atoms. The van der Waals surface area contributed by atoms with Crippen molar-refractivity contribution in [1.82, 2.24) is 15.5 Å². The Hall–Kier alpha value is -2.48. The lowest BCUT2D eigenvalue weighted by Crippen LogP contribution is -2.52. The highest BCUT2D eigenvalue weighted by atomic mass is 19.1. The van der Waals surface area contributed by atoms with Crippen LogP contribution in [0.4, 0.5) is 4.39 Å². The fourth-order valence-electron chi connectivity index (χ4n) is 4.48. The van der Waals surface area contributed by atoms with Gasteiger partial charge in [0.1, 0.15) is 11.9 Å². The third-order valence-corrected chi connectivity index (χ3v) is 6.14. The first kappa shape index (κ1) is 23.2. The van der Waals surface area contributed by atoms with Gasteiger partial charge in [0.05, 0.1) is 6.61 Å². The average Bonchev–Trinajstić information content (AvgIpc) is 3.45. The van der Waals surface area contributed by atoms with E-state index in [-0.39, 0.29) is 30.8 Å². The molecule has 7 nitrogen and oxygen atoms in total. The van der Waals surface area contributed by atoms with Gasteiger partial charge in [0.2, 0.25) is 5.91 Å². The monoisotopic (exact) mass is 433 g/mol. The van der Waals surface area contributed by atoms with Crippen molar-refractivity contribution in [2.24, 2.45) is 0 Å². The molecule has 0 radical (unpaired) electrons. The van der Waals surface area contributed by atoms with Gasteiger partial charge < -0.3 is 20.3 Å². The molecule has 0 aromatic heterocycles. The maximum Gasteiger partial charge on any atom is 0.312 e. The van der Waals surface area contributed by atoms with E-state index in [1.54, 1.807) is 6.07 Å². The van der Waals surface area contributed by atoms with Crippen LogP contribution in [0.3, 0.4) is 0 Å². The average molecular weight is 434 g/mol. The Kier molecular flexibility index (Phi) is 8.40. The van der Waals surface area contributed by atoms with Crippen molar-refractivity contribution in [2.45, 2.75) is 69.5 Å². The minimum absolute atomic E-state index is 0.00605. The minimum atomic E-state index is -1.25. The van der Waals surface area contributed by atoms with Gasteiger partial charge in [0, 0.05) is 31.3 Å². The van der Waals surface area contributed by atoms with Crippen LogP contribution in [-0.4, -0.2) is 55.0 Å². The number of hydrogen-bond acceptors (Lipinski definition) is 4. The molecule has 2 N–H and O–H groups in total. The molecule has 3 amide bonds. The molecule has 1 aromatic rings. The Balaban J connectivity index is 1.87. The molecule has 0 heterocycles. The zero-order chi connectivity index (χ0) is 22.2. The maximum atomic E-state index is 14.7. The number of halogens is 1. The molecule has 2 aliphatic rings. The number of hydrogen-bond donors (Lipinski definition) is 2. The first-order valence-corrected chi connectivity index (χ1v) is 11.2. The topological polar surface area (TPSA) is 87.7 Å². The highest BCUT2D eigenvalue weighted by molar-refractivity contribution is 6.35. The number of nitrogens with zero attached hydrogens (tertiary/aromatic N) is 1. The molecule has 0 bridgehead atoms. The van der Waals surface area contributed by atoms with Crippen molar-refractivity contribution in [3.05, 3.63) is 35.6 Å². The van der Waals surface area contributed by atoms with E-state index >= 15 is 0 Å². The molecule has 0 unspecified atom stereocenters. The zero-order valence-electron chi connectivity index (χ0n) is 18.1. The minimum Gasteiger partial charge on any atom is -0.383 e. The lowest BCUT2D eigenvalue weighted by Gasteiger charge is -2.32. The van der Waals surface area contributed by atoms with Crippen molar-refractivity contribution in [3.63, 3.8) is 0 Å². The van der Waals surface area contributed by atoms with Crippen LogP contribution >= 0.6 is 0 Å². The molecular weight excluding hydrogens is 401 g/mol. The molecule has 3 rings (SSSR count). The van der Waals surface area contributed by atoms with Gasteiger partial charge in [0.15, 0.2) is 0 Å². The summed E-state index contributed by atoms with van der Waals surface area (Å²) in [5.41, 5.74) is 0.0658. The molecule has 0 saturated heterocycles. The lowest BCUT2D eigenvalue weighted by molar-refractivity contribution is -0.151. The normalized spacial score (nSPS) is 18.0. The predicted molar refractivity (Wildman–Crippen MR) is 114 cm³/mol. The molecule has 170 valence electrons. The number of carbonyl (C=O) groups is 3. The van der Waals surface area contributed by atoms with Gasteiger partial charge in [-0.3, -0.25) is 14.4 Å². The first-order chi connectivity index (χ1) is 15.0. The lowest BCUT2D eigenvalue weighted by atomic mass is 10.0. The predicted octanol–water partition coefficient (Wildman–Crippen LogP) is 2.46. The number of methoxy groups -OCH3 is 1. The summed E-state index contributed by atoms with van der Waals surface area (Å²) < 4.78 is 19.9. The van der Waals surface area contributed by atoms with Gasteiger partial charge in [-0.1, -0.05) is 43.9 Å². The summed E-state index contributed by atoms with van der Waals surface area (Å²) in [5.74, 6) is -2.69. The largest absolute Gasteiger partial charge is 0.383 e. The summed E-state index contributed by atoms with van der Waals surface area (Å²) in [4.78, 5) is 40.3. The van der Waals surface area contributed by atoms with Gasteiger partial charge in [-0.15, -0.1) is 0 Å². The smallest absolute Gasteiger partial charge is 0.312 e. The van der Waals surface area contributed by atoms with Gasteiger partial charge in [-0.05, 0) is 31.7 Å². The molecule has 31 heavy (non-hydrogen) atoms. The van der Waals surface area contributed by atoms with E-state index in [1.165, 1.54) is 25.3 Å². The van der Waals surface area contributed by atoms with Crippen LogP contribution < -0.4 is 10.6 Å². The van der Waals surface area contributed by atoms with Crippen LogP contribution in [0.5, 0.6) is 0 Å². The third kappa shape index (κ3) is 6.03. The van der Waals surface area contributed by atoms with E-state index < -0.39 is 29.6 Å². The van der Waals surface area contributed by atoms with Gasteiger partial charge >= 0.3 is 11.8 Å². The molecule has 2 fully saturated rings. The SMILES string of the molecule is COCCN(C(=O)C(=O)NC1CCCC1)[C@@H](C(=O)NC1CCCC1)c1ccccc1F. The van der Waals surface area contributed by atoms with Crippen LogP contribution in [0.1, 0.15) is 63.0 Å². The first-order valence-electron chi connectivity index (χ1n) is 11.2. The summed E-state index contributed by atoms with van der Waals surface area (Å²) in [6.45, 7) is 0.106. The molecule has 2 saturated carbocycles. The molecule has 0 aliphatic heterocycles. The summed E-state index contributed by atoms with van der Waals surface area (Å²) in [7, 11) is 1.47. The van der Waals surface area contributed by atoms with Crippen LogP contribution in [-0.2, 0) is 19.1 Å². The van der Waals surface area contributed by atoms with Gasteiger partial charge in [-0.25, -0.2) is 4.39 Å². The number of nitrogens with one attached hydrogen (secondary N) is 2. The second kappa shape index (κ2) is 11.2. The number of carbonyl (C=O) groups excluding carboxylic acids is 3. The van der Waals surface area contributed by atoms with E-state index in [9.17, 15) is 18.8 Å². The molecule has 1 atom stereocenters. The van der Waals surface area contributed by atoms with Crippen LogP contribution in [0.2, 0.25) is 0 Å². The molecule has 8 heteroatoms. The summed E-state index contributed by atoms with van der Waals surface area (Å²) >= 11 is 0. The van der Waals surface area contributed by atoms with Gasteiger partial charge in [-0.2, -0.15) is 0 Å². The number of ether oxygens (including phenoxy) is 1. The quantitative estimate of drug-likeness (QED) is 0.617. The summed E-state index contributed by atoms with van der Waals surface area (Å²) in [5, 5.41) is 5.73.